The summed E-state index contributed by atoms with van der Waals surface area (Å²) in [6.45, 7) is 1.66. The Balaban J connectivity index is 1.54. The predicted octanol–water partition coefficient (Wildman–Crippen LogP) is 5.10. The van der Waals surface area contributed by atoms with Crippen molar-refractivity contribution in [3.05, 3.63) is 58.3 Å². The Morgan fingerprint density at radius 2 is 2.07 bits per heavy atom. The van der Waals surface area contributed by atoms with E-state index in [9.17, 15) is 14.7 Å². The smallest absolute Gasteiger partial charge is 0.251 e. The van der Waals surface area contributed by atoms with E-state index in [1.54, 1.807) is 37.0 Å². The predicted molar refractivity (Wildman–Crippen MR) is 152 cm³/mol. The van der Waals surface area contributed by atoms with E-state index in [0.29, 0.717) is 23.7 Å². The number of pyridine rings is 1. The van der Waals surface area contributed by atoms with E-state index in [0.717, 1.165) is 0 Å². The van der Waals surface area contributed by atoms with Crippen LogP contribution in [0.1, 0.15) is 42.1 Å². The van der Waals surface area contributed by atoms with Crippen LogP contribution in [0.15, 0.2) is 51.3 Å². The molecule has 0 bridgehead atoms. The second kappa shape index (κ2) is 11.5. The molecule has 11 nitrogen and oxygen atoms in total. The number of ether oxygens (including phenoxy) is 3. The Morgan fingerprint density at radius 3 is 2.76 bits per heavy atom. The number of hydrogen-bond acceptors (Lipinski definition) is 12. The molecule has 1 N–H and O–H groups in total. The number of benzene rings is 1. The molecule has 5 rings (SSSR count). The van der Waals surface area contributed by atoms with Crippen molar-refractivity contribution in [2.45, 2.75) is 31.4 Å². The van der Waals surface area contributed by atoms with Crippen LogP contribution >= 0.6 is 23.4 Å². The number of carbonyl (C=O) groups is 2. The highest BCUT2D eigenvalue weighted by Crippen LogP contribution is 2.54. The molecule has 13 heteroatoms. The third-order valence-electron chi connectivity index (χ3n) is 7.11. The van der Waals surface area contributed by atoms with Crippen LogP contribution in [-0.2, 0) is 4.79 Å². The Labute approximate surface area is 245 Å². The number of nitrogens with zero attached hydrogens (tertiary/aromatic N) is 4. The van der Waals surface area contributed by atoms with Gasteiger partial charge in [0.2, 0.25) is 17.2 Å². The van der Waals surface area contributed by atoms with Gasteiger partial charge in [-0.2, -0.15) is 16.7 Å². The normalized spacial score (nSPS) is 21.0. The molecule has 2 aromatic heterocycles. The zero-order valence-electron chi connectivity index (χ0n) is 22.7. The van der Waals surface area contributed by atoms with Crippen LogP contribution in [0, 0.1) is 5.92 Å². The van der Waals surface area contributed by atoms with Crippen molar-refractivity contribution in [3.63, 3.8) is 0 Å². The molecule has 1 aliphatic carbocycles. The lowest BCUT2D eigenvalue weighted by molar-refractivity contribution is -0.118. The monoisotopic (exact) mass is 598 g/mol. The molecule has 1 aromatic carbocycles. The lowest BCUT2D eigenvalue weighted by atomic mass is 9.73. The van der Waals surface area contributed by atoms with E-state index >= 15 is 0 Å². The maximum atomic E-state index is 13.9. The number of aliphatic imine (C=N–C) groups is 1. The van der Waals surface area contributed by atoms with Crippen LogP contribution in [0.3, 0.4) is 0 Å². The molecule has 3 heterocycles. The third-order valence-corrected chi connectivity index (χ3v) is 8.11. The second-order valence-corrected chi connectivity index (χ2v) is 10.9. The number of hydrogen-bond donors (Lipinski definition) is 1. The molecule has 41 heavy (non-hydrogen) atoms. The number of aliphatic hydroxyl groups excluding tert-OH is 1. The van der Waals surface area contributed by atoms with Gasteiger partial charge in [0.1, 0.15) is 33.8 Å². The average molecular weight is 599 g/mol. The van der Waals surface area contributed by atoms with Gasteiger partial charge < -0.3 is 23.8 Å². The molecule has 0 fully saturated rings. The van der Waals surface area contributed by atoms with Crippen LogP contribution in [0.2, 0.25) is 5.02 Å². The zero-order chi connectivity index (χ0) is 29.3. The number of allylic oxidation sites excluding steroid dienone is 1. The first-order valence-electron chi connectivity index (χ1n) is 12.7. The SMILES string of the molecule is COc1cc(OC)c2c(c1Cl)OC1(C2=O)C(O)=C(C=NC(CCSC)c2nc(-c3ccccn3)no2)C(=O)CC1C. The first-order chi connectivity index (χ1) is 19.8. The largest absolute Gasteiger partial charge is 0.507 e. The van der Waals surface area contributed by atoms with Gasteiger partial charge in [-0.1, -0.05) is 29.7 Å². The van der Waals surface area contributed by atoms with Crippen LogP contribution < -0.4 is 14.2 Å². The van der Waals surface area contributed by atoms with Crippen LogP contribution in [0.5, 0.6) is 17.2 Å². The minimum Gasteiger partial charge on any atom is -0.507 e. The van der Waals surface area contributed by atoms with E-state index in [1.165, 1.54) is 26.5 Å². The van der Waals surface area contributed by atoms with Crippen molar-refractivity contribution in [3.8, 4) is 28.8 Å². The fourth-order valence-electron chi connectivity index (χ4n) is 4.94. The highest BCUT2D eigenvalue weighted by atomic mass is 35.5. The molecule has 1 spiro atoms. The number of aromatic nitrogens is 3. The topological polar surface area (TPSA) is 146 Å². The van der Waals surface area contributed by atoms with Gasteiger partial charge in [0, 0.05) is 30.8 Å². The van der Waals surface area contributed by atoms with Crippen molar-refractivity contribution in [2.24, 2.45) is 10.9 Å². The van der Waals surface area contributed by atoms with Gasteiger partial charge in [0.15, 0.2) is 17.3 Å². The van der Waals surface area contributed by atoms with Gasteiger partial charge in [-0.15, -0.1) is 0 Å². The highest BCUT2D eigenvalue weighted by molar-refractivity contribution is 7.98. The van der Waals surface area contributed by atoms with Crippen molar-refractivity contribution in [1.82, 2.24) is 15.1 Å². The van der Waals surface area contributed by atoms with Crippen LogP contribution in [0.4, 0.5) is 0 Å². The molecule has 0 saturated carbocycles. The summed E-state index contributed by atoms with van der Waals surface area (Å²) in [4.78, 5) is 40.3. The van der Waals surface area contributed by atoms with Gasteiger partial charge >= 0.3 is 0 Å². The number of methoxy groups -OCH3 is 2. The van der Waals surface area contributed by atoms with E-state index in [-0.39, 0.29) is 45.7 Å². The fraction of sp³-hybridized carbons (Fsp3) is 0.357. The van der Waals surface area contributed by atoms with E-state index in [2.05, 4.69) is 20.1 Å². The first-order valence-corrected chi connectivity index (χ1v) is 14.5. The Bertz CT molecular complexity index is 1560. The summed E-state index contributed by atoms with van der Waals surface area (Å²) in [5, 5.41) is 15.6. The number of halogens is 1. The minimum atomic E-state index is -1.90. The molecular formula is C28H27ClN4O7S. The molecule has 1 aliphatic heterocycles. The molecule has 2 aliphatic rings. The summed E-state index contributed by atoms with van der Waals surface area (Å²) in [6, 6.07) is 6.21. The quantitative estimate of drug-likeness (QED) is 0.328. The maximum absolute atomic E-state index is 13.9. The molecule has 0 amide bonds. The molecule has 3 aromatic rings. The number of ketones is 2. The second-order valence-electron chi connectivity index (χ2n) is 9.50. The molecule has 214 valence electrons. The van der Waals surface area contributed by atoms with E-state index in [4.69, 9.17) is 30.3 Å². The molecule has 0 radical (unpaired) electrons. The van der Waals surface area contributed by atoms with Crippen molar-refractivity contribution in [1.29, 1.82) is 0 Å². The third kappa shape index (κ3) is 4.84. The summed E-state index contributed by atoms with van der Waals surface area (Å²) in [7, 11) is 2.82. The van der Waals surface area contributed by atoms with Crippen molar-refractivity contribution < 1.29 is 33.4 Å². The Morgan fingerprint density at radius 1 is 1.29 bits per heavy atom. The number of fused-ring (bicyclic) bond motifs is 1. The number of aliphatic hydroxyl groups is 1. The molecule has 3 unspecified atom stereocenters. The summed E-state index contributed by atoms with van der Waals surface area (Å²) < 4.78 is 22.4. The summed E-state index contributed by atoms with van der Waals surface area (Å²) in [5.74, 6) is -0.573. The fourth-order valence-corrected chi connectivity index (χ4v) is 5.66. The van der Waals surface area contributed by atoms with Crippen LogP contribution in [-0.4, -0.2) is 69.8 Å². The highest BCUT2D eigenvalue weighted by Gasteiger charge is 2.60. The lowest BCUT2D eigenvalue weighted by Crippen LogP contribution is -2.52. The average Bonchev–Trinajstić information content (AvgIpc) is 3.59. The number of Topliss-reactive ketones (excluding diaryl/α,β-unsaturated/α-hetero) is 2. The Hall–Kier alpha value is -3.90. The summed E-state index contributed by atoms with van der Waals surface area (Å²) in [5.41, 5.74) is -1.44. The van der Waals surface area contributed by atoms with Crippen molar-refractivity contribution >= 4 is 41.1 Å². The Kier molecular flexibility index (Phi) is 8.05. The summed E-state index contributed by atoms with van der Waals surface area (Å²) in [6.07, 6.45) is 5.26. The van der Waals surface area contributed by atoms with E-state index < -0.39 is 34.9 Å². The van der Waals surface area contributed by atoms with Crippen molar-refractivity contribution in [2.75, 3.05) is 26.2 Å². The number of carbonyl (C=O) groups excluding carboxylic acids is 2. The van der Waals surface area contributed by atoms with Gasteiger partial charge in [0.25, 0.3) is 5.89 Å². The summed E-state index contributed by atoms with van der Waals surface area (Å²) >= 11 is 8.10. The van der Waals surface area contributed by atoms with Gasteiger partial charge in [-0.25, -0.2) is 0 Å². The molecular weight excluding hydrogens is 572 g/mol. The number of thioether (sulfide) groups is 1. The first kappa shape index (κ1) is 28.6. The standard InChI is InChI=1S/C28H27ClN4O7S/c1-14-11-18(34)15(13-31-17(8-10-41-4)27-32-26(33-40-27)16-7-5-6-9-30-16)24(35)28(14)25(36)21-19(37-2)12-20(38-3)22(29)23(21)39-28/h5-7,9,12-14,17,35H,8,10-11H2,1-4H3. The molecule has 3 atom stereocenters. The molecule has 0 saturated heterocycles. The van der Waals surface area contributed by atoms with Crippen LogP contribution in [0.25, 0.3) is 11.5 Å². The van der Waals surface area contributed by atoms with E-state index in [1.807, 2.05) is 12.3 Å². The minimum absolute atomic E-state index is 0.0164. The zero-order valence-corrected chi connectivity index (χ0v) is 24.3. The van der Waals surface area contributed by atoms with Gasteiger partial charge in [0.05, 0.1) is 19.8 Å². The lowest BCUT2D eigenvalue weighted by Gasteiger charge is -2.36. The van der Waals surface area contributed by atoms with Gasteiger partial charge in [-0.3, -0.25) is 19.6 Å². The maximum Gasteiger partial charge on any atom is 0.251 e. The number of rotatable bonds is 9. The van der Waals surface area contributed by atoms with Gasteiger partial charge in [-0.05, 0) is 30.6 Å².